The number of ether oxygens (including phenoxy) is 2. The van der Waals surface area contributed by atoms with E-state index in [4.69, 9.17) is 9.47 Å². The summed E-state index contributed by atoms with van der Waals surface area (Å²) in [5.41, 5.74) is 6.66. The van der Waals surface area contributed by atoms with Crippen molar-refractivity contribution in [2.24, 2.45) is 0 Å². The number of imidazole rings is 1. The van der Waals surface area contributed by atoms with Crippen LogP contribution >= 0.6 is 0 Å². The van der Waals surface area contributed by atoms with Gasteiger partial charge in [0, 0.05) is 12.8 Å². The molecule has 0 saturated carbocycles. The summed E-state index contributed by atoms with van der Waals surface area (Å²) in [6.07, 6.45) is 1.48. The Morgan fingerprint density at radius 1 is 1.00 bits per heavy atom. The van der Waals surface area contributed by atoms with Gasteiger partial charge in [0.2, 0.25) is 5.91 Å². The van der Waals surface area contributed by atoms with Gasteiger partial charge in [0.1, 0.15) is 23.9 Å². The summed E-state index contributed by atoms with van der Waals surface area (Å²) in [7, 11) is 1.60. The first-order chi connectivity index (χ1) is 14.6. The summed E-state index contributed by atoms with van der Waals surface area (Å²) in [4.78, 5) is 28.8. The van der Waals surface area contributed by atoms with Gasteiger partial charge in [-0.2, -0.15) is 0 Å². The Bertz CT molecular complexity index is 998. The lowest BCUT2D eigenvalue weighted by Gasteiger charge is -2.11. The monoisotopic (exact) mass is 410 g/mol. The number of benzene rings is 2. The molecular weight excluding hydrogens is 384 g/mol. The average Bonchev–Trinajstić information content (AvgIpc) is 3.13. The fraction of sp³-hybridized carbons (Fsp3) is 0.318. The van der Waals surface area contributed by atoms with Crippen molar-refractivity contribution in [3.63, 3.8) is 0 Å². The van der Waals surface area contributed by atoms with Gasteiger partial charge in [0.05, 0.1) is 24.8 Å². The topological polar surface area (TPSA) is 94.5 Å². The minimum atomic E-state index is -0.310. The molecule has 0 radical (unpaired) electrons. The molecule has 1 aromatic heterocycles. The fourth-order valence-electron chi connectivity index (χ4n) is 3.05. The van der Waals surface area contributed by atoms with E-state index in [2.05, 4.69) is 15.8 Å². The van der Waals surface area contributed by atoms with E-state index in [1.807, 2.05) is 60.0 Å². The molecule has 0 fully saturated rings. The maximum Gasteiger partial charge on any atom is 0.258 e. The zero-order valence-corrected chi connectivity index (χ0v) is 17.2. The van der Waals surface area contributed by atoms with E-state index in [0.29, 0.717) is 25.2 Å². The number of fused-ring (bicyclic) bond motifs is 1. The Kier molecular flexibility index (Phi) is 7.26. The number of methoxy groups -OCH3 is 1. The van der Waals surface area contributed by atoms with Crippen molar-refractivity contribution in [2.75, 3.05) is 13.7 Å². The van der Waals surface area contributed by atoms with Crippen LogP contribution in [0.15, 0.2) is 48.5 Å². The van der Waals surface area contributed by atoms with Gasteiger partial charge in [-0.3, -0.25) is 20.4 Å². The number of aryl methyl sites for hydroxylation is 1. The summed E-state index contributed by atoms with van der Waals surface area (Å²) >= 11 is 0. The van der Waals surface area contributed by atoms with Gasteiger partial charge in [0.25, 0.3) is 5.91 Å². The van der Waals surface area contributed by atoms with Crippen LogP contribution in [0.1, 0.15) is 25.6 Å². The van der Waals surface area contributed by atoms with Gasteiger partial charge >= 0.3 is 0 Å². The lowest BCUT2D eigenvalue weighted by molar-refractivity contribution is -0.129. The molecule has 2 aromatic carbocycles. The van der Waals surface area contributed by atoms with E-state index in [-0.39, 0.29) is 24.8 Å². The van der Waals surface area contributed by atoms with Gasteiger partial charge in [-0.05, 0) is 42.8 Å². The summed E-state index contributed by atoms with van der Waals surface area (Å²) in [5, 5.41) is 0. The maximum atomic E-state index is 12.3. The average molecular weight is 410 g/mol. The normalized spacial score (nSPS) is 10.6. The lowest BCUT2D eigenvalue weighted by atomic mass is 10.3. The van der Waals surface area contributed by atoms with E-state index in [1.54, 1.807) is 7.11 Å². The molecule has 0 unspecified atom stereocenters. The number of hydrogen-bond acceptors (Lipinski definition) is 5. The predicted molar refractivity (Wildman–Crippen MR) is 113 cm³/mol. The molecule has 0 spiro atoms. The highest BCUT2D eigenvalue weighted by Gasteiger charge is 2.12. The van der Waals surface area contributed by atoms with Crippen molar-refractivity contribution in [1.82, 2.24) is 20.4 Å². The molecule has 2 N–H and O–H groups in total. The minimum Gasteiger partial charge on any atom is -0.497 e. The number of amides is 2. The zero-order chi connectivity index (χ0) is 21.3. The number of para-hydroxylation sites is 2. The molecule has 0 aliphatic carbocycles. The molecule has 8 nitrogen and oxygen atoms in total. The molecule has 2 amide bonds. The van der Waals surface area contributed by atoms with Crippen molar-refractivity contribution >= 4 is 22.8 Å². The molecule has 3 rings (SSSR count). The number of nitrogens with one attached hydrogen (secondary N) is 2. The van der Waals surface area contributed by atoms with E-state index in [1.165, 1.54) is 0 Å². The van der Waals surface area contributed by atoms with Crippen LogP contribution < -0.4 is 20.3 Å². The molecule has 158 valence electrons. The third-order valence-corrected chi connectivity index (χ3v) is 4.57. The minimum absolute atomic E-state index is 0.0878. The first-order valence-corrected chi connectivity index (χ1v) is 9.89. The van der Waals surface area contributed by atoms with Gasteiger partial charge in [-0.15, -0.1) is 0 Å². The fourth-order valence-corrected chi connectivity index (χ4v) is 3.05. The molecule has 0 aliphatic rings. The summed E-state index contributed by atoms with van der Waals surface area (Å²) in [6.45, 7) is 2.48. The van der Waals surface area contributed by atoms with Crippen LogP contribution in [-0.4, -0.2) is 35.1 Å². The lowest BCUT2D eigenvalue weighted by Crippen LogP contribution is -2.43. The molecule has 0 saturated heterocycles. The SMILES string of the molecule is CCc1nc2ccccc2n1CC(=O)NNC(=O)CCCOc1ccc(OC)cc1. The second-order valence-corrected chi connectivity index (χ2v) is 6.68. The van der Waals surface area contributed by atoms with Gasteiger partial charge in [-0.25, -0.2) is 4.98 Å². The predicted octanol–water partition coefficient (Wildman–Crippen LogP) is 2.61. The van der Waals surface area contributed by atoms with Crippen LogP contribution in [0.3, 0.4) is 0 Å². The summed E-state index contributed by atoms with van der Waals surface area (Å²) in [5.74, 6) is 1.72. The van der Waals surface area contributed by atoms with Crippen LogP contribution in [-0.2, 0) is 22.6 Å². The standard InChI is InChI=1S/C22H26N4O4/c1-3-20-23-18-7-4-5-8-19(18)26(20)15-22(28)25-24-21(27)9-6-14-30-17-12-10-16(29-2)11-13-17/h4-5,7-8,10-13H,3,6,9,14-15H2,1-2H3,(H,24,27)(H,25,28). The summed E-state index contributed by atoms with van der Waals surface area (Å²) in [6, 6.07) is 14.9. The van der Waals surface area contributed by atoms with Gasteiger partial charge < -0.3 is 14.0 Å². The summed E-state index contributed by atoms with van der Waals surface area (Å²) < 4.78 is 12.5. The second-order valence-electron chi connectivity index (χ2n) is 6.68. The number of hydrazine groups is 1. The zero-order valence-electron chi connectivity index (χ0n) is 17.2. The highest BCUT2D eigenvalue weighted by molar-refractivity contribution is 5.83. The highest BCUT2D eigenvalue weighted by Crippen LogP contribution is 2.17. The van der Waals surface area contributed by atoms with Crippen molar-refractivity contribution in [3.8, 4) is 11.5 Å². The molecule has 0 bridgehead atoms. The Balaban J connectivity index is 1.40. The Morgan fingerprint density at radius 3 is 2.43 bits per heavy atom. The Hall–Kier alpha value is -3.55. The third kappa shape index (κ3) is 5.50. The highest BCUT2D eigenvalue weighted by atomic mass is 16.5. The molecule has 3 aromatic rings. The van der Waals surface area contributed by atoms with E-state index in [0.717, 1.165) is 22.6 Å². The first kappa shape index (κ1) is 21.2. The molecule has 1 heterocycles. The van der Waals surface area contributed by atoms with Crippen LogP contribution in [0.2, 0.25) is 0 Å². The number of carbonyl (C=O) groups excluding carboxylic acids is 2. The molecule has 30 heavy (non-hydrogen) atoms. The number of rotatable bonds is 9. The number of carbonyl (C=O) groups is 2. The quantitative estimate of drug-likeness (QED) is 0.418. The van der Waals surface area contributed by atoms with Gasteiger partial charge in [0.15, 0.2) is 0 Å². The third-order valence-electron chi connectivity index (χ3n) is 4.57. The van der Waals surface area contributed by atoms with Crippen molar-refractivity contribution in [3.05, 3.63) is 54.4 Å². The molecule has 8 heteroatoms. The van der Waals surface area contributed by atoms with Crippen molar-refractivity contribution in [2.45, 2.75) is 32.7 Å². The number of aromatic nitrogens is 2. The maximum absolute atomic E-state index is 12.3. The van der Waals surface area contributed by atoms with Gasteiger partial charge in [-0.1, -0.05) is 19.1 Å². The van der Waals surface area contributed by atoms with Crippen molar-refractivity contribution < 1.29 is 19.1 Å². The molecule has 0 aliphatic heterocycles. The second kappa shape index (κ2) is 10.3. The Labute approximate surface area is 175 Å². The number of nitrogens with zero attached hydrogens (tertiary/aromatic N) is 2. The molecule has 0 atom stereocenters. The van der Waals surface area contributed by atoms with Crippen LogP contribution in [0.5, 0.6) is 11.5 Å². The van der Waals surface area contributed by atoms with Crippen molar-refractivity contribution in [1.29, 1.82) is 0 Å². The van der Waals surface area contributed by atoms with E-state index >= 15 is 0 Å². The number of hydrogen-bond donors (Lipinski definition) is 2. The van der Waals surface area contributed by atoms with Crippen LogP contribution in [0.4, 0.5) is 0 Å². The van der Waals surface area contributed by atoms with E-state index in [9.17, 15) is 9.59 Å². The van der Waals surface area contributed by atoms with Crippen LogP contribution in [0.25, 0.3) is 11.0 Å². The van der Waals surface area contributed by atoms with E-state index < -0.39 is 0 Å². The smallest absolute Gasteiger partial charge is 0.258 e. The van der Waals surface area contributed by atoms with Crippen LogP contribution in [0, 0.1) is 0 Å². The largest absolute Gasteiger partial charge is 0.497 e. The Morgan fingerprint density at radius 2 is 1.70 bits per heavy atom. The first-order valence-electron chi connectivity index (χ1n) is 9.89. The molecular formula is C22H26N4O4.